The SMILES string of the molecule is CC(OC(=O)c1cccc(S(=O)(=O)N2CCCCC2)c1)C(=O)NNC(=O)c1ccc(F)cc1. The van der Waals surface area contributed by atoms with E-state index in [0.717, 1.165) is 31.4 Å². The van der Waals surface area contributed by atoms with Crippen LogP contribution in [-0.2, 0) is 19.6 Å². The number of ether oxygens (including phenoxy) is 1. The Hall–Kier alpha value is -3.31. The predicted octanol–water partition coefficient (Wildman–Crippen LogP) is 2.01. The van der Waals surface area contributed by atoms with Gasteiger partial charge >= 0.3 is 5.97 Å². The lowest BCUT2D eigenvalue weighted by atomic mass is 10.2. The van der Waals surface area contributed by atoms with Crippen LogP contribution in [0.5, 0.6) is 0 Å². The van der Waals surface area contributed by atoms with E-state index >= 15 is 0 Å². The van der Waals surface area contributed by atoms with Gasteiger partial charge in [0.15, 0.2) is 6.10 Å². The summed E-state index contributed by atoms with van der Waals surface area (Å²) in [5.41, 5.74) is 4.35. The van der Waals surface area contributed by atoms with Gasteiger partial charge in [0.25, 0.3) is 11.8 Å². The number of amides is 2. The highest BCUT2D eigenvalue weighted by Crippen LogP contribution is 2.21. The molecule has 1 saturated heterocycles. The lowest BCUT2D eigenvalue weighted by Gasteiger charge is -2.26. The van der Waals surface area contributed by atoms with Gasteiger partial charge in [-0.3, -0.25) is 20.4 Å². The van der Waals surface area contributed by atoms with Crippen molar-refractivity contribution in [3.05, 3.63) is 65.5 Å². The van der Waals surface area contributed by atoms with Gasteiger partial charge in [0.05, 0.1) is 10.5 Å². The van der Waals surface area contributed by atoms with Crippen LogP contribution in [0.1, 0.15) is 46.9 Å². The average molecular weight is 478 g/mol. The third-order valence-electron chi connectivity index (χ3n) is 5.08. The van der Waals surface area contributed by atoms with Gasteiger partial charge < -0.3 is 4.74 Å². The van der Waals surface area contributed by atoms with Gasteiger partial charge in [-0.2, -0.15) is 4.31 Å². The maximum atomic E-state index is 12.9. The number of piperidine rings is 1. The highest BCUT2D eigenvalue weighted by Gasteiger charge is 2.27. The molecule has 1 atom stereocenters. The third kappa shape index (κ3) is 6.14. The molecule has 11 heteroatoms. The molecule has 0 bridgehead atoms. The summed E-state index contributed by atoms with van der Waals surface area (Å²) in [5, 5.41) is 0. The molecule has 1 aliphatic heterocycles. The Bertz CT molecular complexity index is 1130. The fourth-order valence-electron chi connectivity index (χ4n) is 3.21. The molecule has 9 nitrogen and oxygen atoms in total. The molecule has 1 fully saturated rings. The smallest absolute Gasteiger partial charge is 0.338 e. The highest BCUT2D eigenvalue weighted by molar-refractivity contribution is 7.89. The molecule has 1 aliphatic rings. The van der Waals surface area contributed by atoms with Gasteiger partial charge in [-0.25, -0.2) is 17.6 Å². The first-order valence-corrected chi connectivity index (χ1v) is 11.8. The Morgan fingerprint density at radius 1 is 0.970 bits per heavy atom. The molecule has 0 aromatic heterocycles. The second-order valence-electron chi connectivity index (χ2n) is 7.49. The van der Waals surface area contributed by atoms with Crippen molar-refractivity contribution in [3.63, 3.8) is 0 Å². The Morgan fingerprint density at radius 2 is 1.64 bits per heavy atom. The minimum Gasteiger partial charge on any atom is -0.449 e. The number of hydrogen-bond acceptors (Lipinski definition) is 6. The number of carbonyl (C=O) groups is 3. The van der Waals surface area contributed by atoms with E-state index in [1.165, 1.54) is 47.6 Å². The normalized spacial score (nSPS) is 15.3. The summed E-state index contributed by atoms with van der Waals surface area (Å²) in [6, 6.07) is 10.1. The van der Waals surface area contributed by atoms with Gasteiger partial charge in [0, 0.05) is 18.7 Å². The second-order valence-corrected chi connectivity index (χ2v) is 9.43. The number of nitrogens with one attached hydrogen (secondary N) is 2. The standard InChI is InChI=1S/C22H24FN3O6S/c1-15(20(27)24-25-21(28)16-8-10-18(23)11-9-16)32-22(29)17-6-5-7-19(14-17)33(30,31)26-12-3-2-4-13-26/h5-11,14-15H,2-4,12-13H2,1H3,(H,24,27)(H,25,28). The quantitative estimate of drug-likeness (QED) is 0.485. The monoisotopic (exact) mass is 477 g/mol. The maximum absolute atomic E-state index is 12.9. The number of esters is 1. The van der Waals surface area contributed by atoms with Crippen molar-refractivity contribution in [3.8, 4) is 0 Å². The summed E-state index contributed by atoms with van der Waals surface area (Å²) in [4.78, 5) is 36.6. The van der Waals surface area contributed by atoms with Crippen molar-refractivity contribution in [2.75, 3.05) is 13.1 Å². The lowest BCUT2D eigenvalue weighted by Crippen LogP contribution is -2.46. The second kappa shape index (κ2) is 10.5. The van der Waals surface area contributed by atoms with Gasteiger partial charge in [-0.1, -0.05) is 12.5 Å². The van der Waals surface area contributed by atoms with Crippen LogP contribution in [0.3, 0.4) is 0 Å². The van der Waals surface area contributed by atoms with E-state index in [1.807, 2.05) is 0 Å². The molecule has 0 spiro atoms. The van der Waals surface area contributed by atoms with Crippen LogP contribution in [-0.4, -0.2) is 49.7 Å². The Morgan fingerprint density at radius 3 is 2.30 bits per heavy atom. The van der Waals surface area contributed by atoms with Crippen LogP contribution in [0.4, 0.5) is 4.39 Å². The maximum Gasteiger partial charge on any atom is 0.338 e. The topological polar surface area (TPSA) is 122 Å². The summed E-state index contributed by atoms with van der Waals surface area (Å²) in [6.07, 6.45) is 1.26. The molecule has 2 amide bonds. The van der Waals surface area contributed by atoms with Crippen molar-refractivity contribution in [1.82, 2.24) is 15.2 Å². The van der Waals surface area contributed by atoms with Gasteiger partial charge in [-0.05, 0) is 62.2 Å². The number of hydrazine groups is 1. The number of halogens is 1. The van der Waals surface area contributed by atoms with Crippen LogP contribution in [0, 0.1) is 5.82 Å². The fourth-order valence-corrected chi connectivity index (χ4v) is 4.78. The molecule has 0 radical (unpaired) electrons. The molecular formula is C22H24FN3O6S. The number of hydrogen-bond donors (Lipinski definition) is 2. The molecule has 1 unspecified atom stereocenters. The lowest BCUT2D eigenvalue weighted by molar-refractivity contribution is -0.129. The summed E-state index contributed by atoms with van der Waals surface area (Å²) in [7, 11) is -3.73. The van der Waals surface area contributed by atoms with E-state index in [0.29, 0.717) is 13.1 Å². The minimum absolute atomic E-state index is 0.0249. The Labute approximate surface area is 190 Å². The molecule has 33 heavy (non-hydrogen) atoms. The zero-order chi connectivity index (χ0) is 24.0. The van der Waals surface area contributed by atoms with Gasteiger partial charge in [0.2, 0.25) is 10.0 Å². The molecule has 0 saturated carbocycles. The molecule has 1 heterocycles. The zero-order valence-corrected chi connectivity index (χ0v) is 18.7. The number of carbonyl (C=O) groups excluding carboxylic acids is 3. The number of benzene rings is 2. The number of sulfonamides is 1. The summed E-state index contributed by atoms with van der Waals surface area (Å²) in [6.45, 7) is 2.15. The molecular weight excluding hydrogens is 453 g/mol. The summed E-state index contributed by atoms with van der Waals surface area (Å²) in [5.74, 6) is -2.89. The van der Waals surface area contributed by atoms with Crippen molar-refractivity contribution >= 4 is 27.8 Å². The largest absolute Gasteiger partial charge is 0.449 e. The van der Waals surface area contributed by atoms with Crippen LogP contribution in [0.15, 0.2) is 53.4 Å². The van der Waals surface area contributed by atoms with Crippen LogP contribution in [0.2, 0.25) is 0 Å². The summed E-state index contributed by atoms with van der Waals surface area (Å²) < 4.78 is 45.1. The van der Waals surface area contributed by atoms with E-state index in [4.69, 9.17) is 4.74 Å². The van der Waals surface area contributed by atoms with E-state index < -0.39 is 39.7 Å². The highest BCUT2D eigenvalue weighted by atomic mass is 32.2. The first-order chi connectivity index (χ1) is 15.7. The van der Waals surface area contributed by atoms with E-state index in [9.17, 15) is 27.2 Å². The predicted molar refractivity (Wildman–Crippen MR) is 116 cm³/mol. The van der Waals surface area contributed by atoms with Crippen molar-refractivity contribution < 1.29 is 31.9 Å². The fraction of sp³-hybridized carbons (Fsp3) is 0.318. The third-order valence-corrected chi connectivity index (χ3v) is 6.98. The minimum atomic E-state index is -3.73. The van der Waals surface area contributed by atoms with Crippen LogP contribution in [0.25, 0.3) is 0 Å². The number of nitrogens with zero attached hydrogens (tertiary/aromatic N) is 1. The van der Waals surface area contributed by atoms with Gasteiger partial charge in [0.1, 0.15) is 5.82 Å². The molecule has 2 aromatic rings. The van der Waals surface area contributed by atoms with E-state index in [2.05, 4.69) is 10.9 Å². The van der Waals surface area contributed by atoms with E-state index in [-0.39, 0.29) is 16.0 Å². The Kier molecular flexibility index (Phi) is 7.77. The van der Waals surface area contributed by atoms with Crippen LogP contribution >= 0.6 is 0 Å². The first kappa shape index (κ1) is 24.3. The van der Waals surface area contributed by atoms with Gasteiger partial charge in [-0.15, -0.1) is 0 Å². The van der Waals surface area contributed by atoms with Crippen molar-refractivity contribution in [2.24, 2.45) is 0 Å². The Balaban J connectivity index is 1.58. The molecule has 2 aromatic carbocycles. The van der Waals surface area contributed by atoms with Crippen molar-refractivity contribution in [1.29, 1.82) is 0 Å². The zero-order valence-electron chi connectivity index (χ0n) is 17.9. The van der Waals surface area contributed by atoms with E-state index in [1.54, 1.807) is 0 Å². The first-order valence-electron chi connectivity index (χ1n) is 10.4. The summed E-state index contributed by atoms with van der Waals surface area (Å²) >= 11 is 0. The molecule has 176 valence electrons. The molecule has 0 aliphatic carbocycles. The molecule has 3 rings (SSSR count). The molecule has 2 N–H and O–H groups in total. The number of rotatable bonds is 6. The van der Waals surface area contributed by atoms with Crippen molar-refractivity contribution in [2.45, 2.75) is 37.2 Å². The van der Waals surface area contributed by atoms with Crippen LogP contribution < -0.4 is 10.9 Å². The average Bonchev–Trinajstić information content (AvgIpc) is 2.83.